The second-order valence-corrected chi connectivity index (χ2v) is 13.2. The molecule has 8 aromatic rings. The summed E-state index contributed by atoms with van der Waals surface area (Å²) in [5.74, 6) is 2.51. The smallest absolute Gasteiger partial charge is 0.164 e. The number of allylic oxidation sites excluding steroid dienone is 4. The van der Waals surface area contributed by atoms with Gasteiger partial charge < -0.3 is 4.42 Å². The number of para-hydroxylation sites is 1. The number of furan rings is 1. The van der Waals surface area contributed by atoms with Crippen molar-refractivity contribution in [1.82, 2.24) is 15.0 Å². The molecular formula is C46H33N3OS. The summed E-state index contributed by atoms with van der Waals surface area (Å²) in [7, 11) is 0. The molecule has 0 fully saturated rings. The molecule has 0 aliphatic rings. The van der Waals surface area contributed by atoms with Crippen molar-refractivity contribution in [3.8, 4) is 45.3 Å². The van der Waals surface area contributed by atoms with Crippen LogP contribution in [-0.4, -0.2) is 15.0 Å². The number of rotatable bonds is 8. The van der Waals surface area contributed by atoms with Gasteiger partial charge in [-0.1, -0.05) is 122 Å². The van der Waals surface area contributed by atoms with Crippen molar-refractivity contribution in [3.05, 3.63) is 163 Å². The van der Waals surface area contributed by atoms with Crippen molar-refractivity contribution >= 4 is 60.2 Å². The molecule has 0 spiro atoms. The van der Waals surface area contributed by atoms with Crippen LogP contribution in [0.25, 0.3) is 94.2 Å². The largest absolute Gasteiger partial charge is 0.455 e. The highest BCUT2D eigenvalue weighted by atomic mass is 32.1. The number of hydrogen-bond donors (Lipinski definition) is 0. The van der Waals surface area contributed by atoms with E-state index in [9.17, 15) is 0 Å². The Morgan fingerprint density at radius 1 is 0.706 bits per heavy atom. The summed E-state index contributed by atoms with van der Waals surface area (Å²) in [4.78, 5) is 15.2. The zero-order valence-corrected chi connectivity index (χ0v) is 29.2. The van der Waals surface area contributed by atoms with Crippen LogP contribution in [0.5, 0.6) is 0 Å². The van der Waals surface area contributed by atoms with E-state index in [1.165, 1.54) is 15.5 Å². The molecule has 244 valence electrons. The Bertz CT molecular complexity index is 2720. The van der Waals surface area contributed by atoms with Crippen LogP contribution in [0, 0.1) is 0 Å². The molecule has 5 heteroatoms. The van der Waals surface area contributed by atoms with Gasteiger partial charge >= 0.3 is 0 Å². The van der Waals surface area contributed by atoms with E-state index >= 15 is 0 Å². The summed E-state index contributed by atoms with van der Waals surface area (Å²) in [5.41, 5.74) is 11.7. The Kier molecular flexibility index (Phi) is 8.43. The molecule has 8 rings (SSSR count). The van der Waals surface area contributed by atoms with Gasteiger partial charge in [-0.25, -0.2) is 15.0 Å². The van der Waals surface area contributed by atoms with Crippen molar-refractivity contribution in [2.45, 2.75) is 13.8 Å². The fraction of sp³-hybridized carbons (Fsp3) is 0.0435. The van der Waals surface area contributed by atoms with E-state index in [0.717, 1.165) is 60.2 Å². The van der Waals surface area contributed by atoms with E-state index in [-0.39, 0.29) is 0 Å². The maximum absolute atomic E-state index is 6.51. The Hall–Kier alpha value is -6.39. The number of fused-ring (bicyclic) bond motifs is 4. The first kappa shape index (κ1) is 31.9. The molecule has 0 amide bonds. The van der Waals surface area contributed by atoms with Gasteiger partial charge in [0.2, 0.25) is 0 Å². The molecule has 0 aliphatic heterocycles. The van der Waals surface area contributed by atoms with E-state index in [2.05, 4.69) is 123 Å². The molecule has 0 atom stereocenters. The maximum Gasteiger partial charge on any atom is 0.164 e. The molecule has 0 unspecified atom stereocenters. The van der Waals surface area contributed by atoms with Gasteiger partial charge in [-0.15, -0.1) is 17.1 Å². The highest BCUT2D eigenvalue weighted by Gasteiger charge is 2.21. The highest BCUT2D eigenvalue weighted by molar-refractivity contribution is 7.26. The Balaban J connectivity index is 1.39. The number of benzene rings is 5. The minimum atomic E-state index is 0.597. The molecule has 0 saturated heterocycles. The lowest BCUT2D eigenvalue weighted by atomic mass is 9.95. The van der Waals surface area contributed by atoms with Gasteiger partial charge in [0.25, 0.3) is 0 Å². The molecule has 0 radical (unpaired) electrons. The van der Waals surface area contributed by atoms with Crippen molar-refractivity contribution in [2.75, 3.05) is 0 Å². The fourth-order valence-corrected chi connectivity index (χ4v) is 7.84. The lowest BCUT2D eigenvalue weighted by Gasteiger charge is -2.12. The van der Waals surface area contributed by atoms with Crippen molar-refractivity contribution in [3.63, 3.8) is 0 Å². The summed E-state index contributed by atoms with van der Waals surface area (Å²) in [6.07, 6.45) is 9.87. The van der Waals surface area contributed by atoms with Crippen LogP contribution in [0.15, 0.2) is 151 Å². The van der Waals surface area contributed by atoms with E-state index in [0.29, 0.717) is 23.2 Å². The van der Waals surface area contributed by atoms with Crippen LogP contribution in [0.2, 0.25) is 0 Å². The summed E-state index contributed by atoms with van der Waals surface area (Å²) in [5, 5.41) is 3.33. The van der Waals surface area contributed by atoms with Crippen LogP contribution in [0.3, 0.4) is 0 Å². The van der Waals surface area contributed by atoms with Crippen LogP contribution < -0.4 is 0 Å². The van der Waals surface area contributed by atoms with Crippen molar-refractivity contribution in [2.24, 2.45) is 0 Å². The minimum absolute atomic E-state index is 0.597. The second-order valence-electron chi connectivity index (χ2n) is 12.1. The molecule has 0 aliphatic carbocycles. The van der Waals surface area contributed by atoms with Gasteiger partial charge in [0.05, 0.1) is 0 Å². The molecule has 4 nitrogen and oxygen atoms in total. The first-order valence-corrected chi connectivity index (χ1v) is 17.6. The van der Waals surface area contributed by atoms with Crippen LogP contribution in [-0.2, 0) is 0 Å². The molecule has 0 N–H and O–H groups in total. The standard InChI is InChI=1S/C46H33N3OS/c1-5-15-29(7-3)30-23-25-32(26-24-30)45-47-44(31-17-10-9-11-18-31)48-46(49-45)33-27-38(42-37-19-12-13-22-40(37)51-41(42)28-33)36-21-14-20-35-34(16-6-2)39(8-4)50-43(35)36/h5,7-28H,2,4H2,1,3H3/b15-5-,29-7+. The Morgan fingerprint density at radius 2 is 1.39 bits per heavy atom. The quantitative estimate of drug-likeness (QED) is 0.119. The van der Waals surface area contributed by atoms with Crippen LogP contribution in [0.4, 0.5) is 0 Å². The molecule has 5 aromatic carbocycles. The number of aromatic nitrogens is 3. The first-order valence-electron chi connectivity index (χ1n) is 16.8. The van der Waals surface area contributed by atoms with Crippen molar-refractivity contribution < 1.29 is 4.42 Å². The lowest BCUT2D eigenvalue weighted by Crippen LogP contribution is -2.00. The van der Waals surface area contributed by atoms with E-state index in [1.807, 2.05) is 43.3 Å². The average molecular weight is 676 g/mol. The summed E-state index contributed by atoms with van der Waals surface area (Å²) in [6, 6.07) is 37.7. The van der Waals surface area contributed by atoms with E-state index < -0.39 is 0 Å². The molecule has 3 heterocycles. The van der Waals surface area contributed by atoms with Gasteiger partial charge in [-0.05, 0) is 60.9 Å². The molecule has 0 saturated carbocycles. The SMILES string of the molecule is C=C=Cc1c(C=C)oc2c(-c3cc(-c4nc(-c5ccccc5)nc(-c5ccc(C(/C=C\C)=C/C)cc5)n4)cc4sc5ccccc5c34)cccc12. The maximum atomic E-state index is 6.51. The monoisotopic (exact) mass is 675 g/mol. The van der Waals surface area contributed by atoms with E-state index in [1.54, 1.807) is 17.4 Å². The number of thiophene rings is 1. The predicted molar refractivity (Wildman–Crippen MR) is 216 cm³/mol. The summed E-state index contributed by atoms with van der Waals surface area (Å²) < 4.78 is 8.85. The third kappa shape index (κ3) is 5.75. The predicted octanol–water partition coefficient (Wildman–Crippen LogP) is 13.1. The Labute approximate surface area is 300 Å². The normalized spacial score (nSPS) is 11.8. The van der Waals surface area contributed by atoms with Gasteiger partial charge in [0.1, 0.15) is 11.3 Å². The fourth-order valence-electron chi connectivity index (χ4n) is 6.67. The average Bonchev–Trinajstić information content (AvgIpc) is 3.75. The number of nitrogens with zero attached hydrogens (tertiary/aromatic N) is 3. The molecule has 3 aromatic heterocycles. The molecular weight excluding hydrogens is 643 g/mol. The molecule has 51 heavy (non-hydrogen) atoms. The zero-order chi connectivity index (χ0) is 34.9. The van der Waals surface area contributed by atoms with Crippen LogP contribution in [0.1, 0.15) is 30.7 Å². The van der Waals surface area contributed by atoms with Crippen molar-refractivity contribution in [1.29, 1.82) is 0 Å². The van der Waals surface area contributed by atoms with Gasteiger partial charge in [0.15, 0.2) is 17.5 Å². The van der Waals surface area contributed by atoms with E-state index in [4.69, 9.17) is 19.4 Å². The zero-order valence-electron chi connectivity index (χ0n) is 28.4. The lowest BCUT2D eigenvalue weighted by molar-refractivity contribution is 0.604. The molecule has 0 bridgehead atoms. The van der Waals surface area contributed by atoms with Gasteiger partial charge in [0, 0.05) is 53.4 Å². The third-order valence-electron chi connectivity index (χ3n) is 9.04. The topological polar surface area (TPSA) is 51.8 Å². The van der Waals surface area contributed by atoms with Gasteiger partial charge in [-0.2, -0.15) is 0 Å². The van der Waals surface area contributed by atoms with Gasteiger partial charge in [-0.3, -0.25) is 0 Å². The summed E-state index contributed by atoms with van der Waals surface area (Å²) >= 11 is 1.76. The minimum Gasteiger partial charge on any atom is -0.455 e. The third-order valence-corrected chi connectivity index (χ3v) is 10.2. The summed E-state index contributed by atoms with van der Waals surface area (Å²) in [6.45, 7) is 11.9. The Morgan fingerprint density at radius 3 is 2.10 bits per heavy atom. The van der Waals surface area contributed by atoms with Crippen LogP contribution >= 0.6 is 11.3 Å². The number of hydrogen-bond acceptors (Lipinski definition) is 5. The first-order chi connectivity index (χ1) is 25.1. The highest BCUT2D eigenvalue weighted by Crippen LogP contribution is 2.45. The second kappa shape index (κ2) is 13.5.